The minimum atomic E-state index is -0.683. The highest BCUT2D eigenvalue weighted by Gasteiger charge is 2.45. The molecule has 4 heterocycles. The lowest BCUT2D eigenvalue weighted by Gasteiger charge is -2.30. The fourth-order valence-corrected chi connectivity index (χ4v) is 5.52. The van der Waals surface area contributed by atoms with Gasteiger partial charge in [0, 0.05) is 44.3 Å². The van der Waals surface area contributed by atoms with Crippen LogP contribution in [0.25, 0.3) is 11.0 Å². The lowest BCUT2D eigenvalue weighted by molar-refractivity contribution is 0.197. The van der Waals surface area contributed by atoms with Crippen molar-refractivity contribution < 1.29 is 9.53 Å². The number of amidine groups is 1. The van der Waals surface area contributed by atoms with E-state index >= 15 is 0 Å². The third-order valence-electron chi connectivity index (χ3n) is 6.42. The van der Waals surface area contributed by atoms with Crippen LogP contribution in [0.15, 0.2) is 23.0 Å². The number of rotatable bonds is 3. The predicted octanol–water partition coefficient (Wildman–Crippen LogP) is 1.74. The molecule has 0 aromatic carbocycles. The van der Waals surface area contributed by atoms with Crippen molar-refractivity contribution in [2.75, 3.05) is 32.1 Å². The smallest absolute Gasteiger partial charge is 0.319 e. The quantitative estimate of drug-likeness (QED) is 0.636. The zero-order chi connectivity index (χ0) is 20.9. The van der Waals surface area contributed by atoms with E-state index in [0.29, 0.717) is 23.9 Å². The Balaban J connectivity index is 1.19. The highest BCUT2D eigenvalue weighted by atomic mass is 32.2. The summed E-state index contributed by atoms with van der Waals surface area (Å²) in [6, 6.07) is 2.81. The lowest BCUT2D eigenvalue weighted by atomic mass is 10.0. The molecule has 30 heavy (non-hydrogen) atoms. The molecule has 2 aliphatic heterocycles. The number of nitrogens with zero attached hydrogens (tertiary/aromatic N) is 5. The normalized spacial score (nSPS) is 30.2. The molecule has 10 nitrogen and oxygen atoms in total. The van der Waals surface area contributed by atoms with E-state index in [2.05, 4.69) is 41.9 Å². The van der Waals surface area contributed by atoms with E-state index in [4.69, 9.17) is 4.74 Å². The Labute approximate surface area is 179 Å². The maximum Gasteiger partial charge on any atom is 0.319 e. The minimum Gasteiger partial charge on any atom is -0.468 e. The van der Waals surface area contributed by atoms with Crippen LogP contribution in [0, 0.1) is 11.8 Å². The van der Waals surface area contributed by atoms with Crippen LogP contribution in [-0.2, 0) is 4.74 Å². The van der Waals surface area contributed by atoms with Crippen molar-refractivity contribution in [3.05, 3.63) is 18.6 Å². The summed E-state index contributed by atoms with van der Waals surface area (Å²) in [7, 11) is 3.67. The third kappa shape index (κ3) is 3.30. The fourth-order valence-electron chi connectivity index (χ4n) is 4.87. The Morgan fingerprint density at radius 1 is 1.37 bits per heavy atom. The van der Waals surface area contributed by atoms with Crippen molar-refractivity contribution in [1.82, 2.24) is 30.5 Å². The van der Waals surface area contributed by atoms with E-state index in [1.807, 2.05) is 24.1 Å². The number of aromatic nitrogens is 3. The molecule has 11 heteroatoms. The first-order chi connectivity index (χ1) is 14.5. The lowest BCUT2D eigenvalue weighted by Crippen LogP contribution is -2.56. The number of ether oxygens (including phenoxy) is 1. The average Bonchev–Trinajstić information content (AvgIpc) is 3.49. The average molecular weight is 431 g/mol. The molecule has 2 fully saturated rings. The highest BCUT2D eigenvalue weighted by molar-refractivity contribution is 7.99. The number of carbonyl (C=O) groups is 1. The number of carbonyl (C=O) groups excluding carboxylic acids is 1. The maximum absolute atomic E-state index is 12.8. The summed E-state index contributed by atoms with van der Waals surface area (Å²) >= 11 is 1.26. The number of nitrogens with one attached hydrogen (secondary N) is 3. The van der Waals surface area contributed by atoms with Gasteiger partial charge in [-0.3, -0.25) is 0 Å². The molecule has 3 aliphatic rings. The summed E-state index contributed by atoms with van der Waals surface area (Å²) in [5.41, 5.74) is 0.861. The zero-order valence-electron chi connectivity index (χ0n) is 17.3. The number of likely N-dealkylation sites (tertiary alicyclic amines) is 1. The van der Waals surface area contributed by atoms with Crippen LogP contribution in [0.5, 0.6) is 0 Å². The monoisotopic (exact) mass is 430 g/mol. The number of methoxy groups -OCH3 is 1. The molecule has 2 aromatic rings. The van der Waals surface area contributed by atoms with Crippen molar-refractivity contribution in [2.45, 2.75) is 30.8 Å². The molecule has 0 radical (unpaired) electrons. The molecule has 1 saturated carbocycles. The first-order valence-corrected chi connectivity index (χ1v) is 10.9. The molecule has 3 N–H and O–H groups in total. The summed E-state index contributed by atoms with van der Waals surface area (Å²) in [6.07, 6.45) is 5.63. The second kappa shape index (κ2) is 7.22. The number of amides is 2. The molecule has 2 unspecified atom stereocenters. The van der Waals surface area contributed by atoms with Crippen molar-refractivity contribution in [3.63, 3.8) is 0 Å². The molecule has 4 atom stereocenters. The van der Waals surface area contributed by atoms with Gasteiger partial charge in [0.2, 0.25) is 0 Å². The van der Waals surface area contributed by atoms with Gasteiger partial charge in [-0.2, -0.15) is 4.40 Å². The molecule has 160 valence electrons. The number of hydrogen-bond donors (Lipinski definition) is 3. The maximum atomic E-state index is 12.8. The molecule has 2 aromatic heterocycles. The molecule has 1 saturated heterocycles. The Kier molecular flexibility index (Phi) is 4.64. The summed E-state index contributed by atoms with van der Waals surface area (Å²) < 4.78 is 9.27. The van der Waals surface area contributed by atoms with Crippen LogP contribution in [0.1, 0.15) is 19.8 Å². The number of hydrogen-bond acceptors (Lipinski definition) is 8. The molecule has 2 amide bonds. The highest BCUT2D eigenvalue weighted by Crippen LogP contribution is 2.41. The van der Waals surface area contributed by atoms with Crippen molar-refractivity contribution in [3.8, 4) is 0 Å². The number of H-pyrrole nitrogens is 1. The van der Waals surface area contributed by atoms with E-state index in [9.17, 15) is 4.79 Å². The molecular weight excluding hydrogens is 404 g/mol. The summed E-state index contributed by atoms with van der Waals surface area (Å²) in [5.74, 6) is 1.98. The number of anilines is 1. The van der Waals surface area contributed by atoms with Crippen molar-refractivity contribution in [2.24, 2.45) is 16.2 Å². The van der Waals surface area contributed by atoms with Crippen LogP contribution < -0.4 is 15.5 Å². The molecule has 0 bridgehead atoms. The number of urea groups is 1. The minimum absolute atomic E-state index is 0.0609. The van der Waals surface area contributed by atoms with Gasteiger partial charge in [0.05, 0.1) is 12.5 Å². The first kappa shape index (κ1) is 19.3. The number of aromatic amines is 1. The van der Waals surface area contributed by atoms with Gasteiger partial charge in [-0.15, -0.1) is 0 Å². The van der Waals surface area contributed by atoms with Gasteiger partial charge in [0.15, 0.2) is 4.99 Å². The Bertz CT molecular complexity index is 982. The van der Waals surface area contributed by atoms with Crippen molar-refractivity contribution in [1.29, 1.82) is 0 Å². The largest absolute Gasteiger partial charge is 0.468 e. The van der Waals surface area contributed by atoms with Crippen LogP contribution in [0.3, 0.4) is 0 Å². The van der Waals surface area contributed by atoms with Gasteiger partial charge in [0.1, 0.15) is 17.8 Å². The Morgan fingerprint density at radius 3 is 2.83 bits per heavy atom. The van der Waals surface area contributed by atoms with Crippen LogP contribution in [0.2, 0.25) is 0 Å². The first-order valence-electron chi connectivity index (χ1n) is 10.1. The predicted molar refractivity (Wildman–Crippen MR) is 116 cm³/mol. The van der Waals surface area contributed by atoms with Gasteiger partial charge in [-0.25, -0.2) is 14.8 Å². The summed E-state index contributed by atoms with van der Waals surface area (Å²) in [5, 5.41) is 7.17. The van der Waals surface area contributed by atoms with Gasteiger partial charge in [0.25, 0.3) is 6.02 Å². The Hall–Kier alpha value is -2.69. The SMILES string of the molecule is COC1=NSC(C)(NC(=O)N2CC3C[C@@H](N(C)c4ncnc5[nH]ccc45)C[C@@H]3C2)N1. The molecule has 5 rings (SSSR count). The molecule has 0 spiro atoms. The fraction of sp³-hybridized carbons (Fsp3) is 0.579. The van der Waals surface area contributed by atoms with Gasteiger partial charge in [-0.1, -0.05) is 0 Å². The second-order valence-electron chi connectivity index (χ2n) is 8.38. The van der Waals surface area contributed by atoms with Crippen LogP contribution >= 0.6 is 11.9 Å². The standard InChI is InChI=1S/C19H26N8O2S/c1-19(23-17(29-3)25-30-19)24-18(28)27-8-11-6-13(7-12(11)9-27)26(2)16-14-4-5-20-15(14)21-10-22-16/h4-5,10-13H,6-9H2,1-3H3,(H,23,25)(H,24,28)(H,20,21,22)/t11-,12?,13+,19?/m1/s1. The van der Waals surface area contributed by atoms with Gasteiger partial charge < -0.3 is 30.2 Å². The van der Waals surface area contributed by atoms with E-state index in [-0.39, 0.29) is 6.03 Å². The second-order valence-corrected chi connectivity index (χ2v) is 9.56. The summed E-state index contributed by atoms with van der Waals surface area (Å²) in [4.78, 5) is 28.3. The van der Waals surface area contributed by atoms with E-state index in [0.717, 1.165) is 42.8 Å². The van der Waals surface area contributed by atoms with Crippen LogP contribution in [0.4, 0.5) is 10.6 Å². The molecule has 1 aliphatic carbocycles. The van der Waals surface area contributed by atoms with Gasteiger partial charge in [-0.05, 0) is 37.7 Å². The van der Waals surface area contributed by atoms with Gasteiger partial charge >= 0.3 is 6.03 Å². The Morgan fingerprint density at radius 2 is 2.13 bits per heavy atom. The summed E-state index contributed by atoms with van der Waals surface area (Å²) in [6.45, 7) is 3.45. The van der Waals surface area contributed by atoms with E-state index < -0.39 is 4.99 Å². The third-order valence-corrected chi connectivity index (χ3v) is 7.25. The number of fused-ring (bicyclic) bond motifs is 2. The van der Waals surface area contributed by atoms with Crippen molar-refractivity contribution >= 4 is 40.9 Å². The zero-order valence-corrected chi connectivity index (χ0v) is 18.1. The topological polar surface area (TPSA) is 111 Å². The van der Waals surface area contributed by atoms with E-state index in [1.165, 1.54) is 11.9 Å². The van der Waals surface area contributed by atoms with E-state index in [1.54, 1.807) is 13.4 Å². The molecular formula is C19H26N8O2S. The van der Waals surface area contributed by atoms with Crippen LogP contribution in [-0.4, -0.2) is 70.2 Å².